The van der Waals surface area contributed by atoms with Gasteiger partial charge in [-0.2, -0.15) is 15.0 Å². The van der Waals surface area contributed by atoms with E-state index in [1.807, 2.05) is 60.7 Å². The van der Waals surface area contributed by atoms with E-state index in [2.05, 4.69) is 41.2 Å². The molecule has 0 atom stereocenters. The van der Waals surface area contributed by atoms with E-state index in [-0.39, 0.29) is 5.91 Å². The van der Waals surface area contributed by atoms with Gasteiger partial charge in [0.1, 0.15) is 0 Å². The Bertz CT molecular complexity index is 1260. The summed E-state index contributed by atoms with van der Waals surface area (Å²) in [5.74, 6) is 1.17. The molecule has 0 bridgehead atoms. The zero-order valence-corrected chi connectivity index (χ0v) is 21.5. The molecule has 0 fully saturated rings. The summed E-state index contributed by atoms with van der Waals surface area (Å²) in [4.78, 5) is 29.5. The Morgan fingerprint density at radius 3 is 2.00 bits per heavy atom. The van der Waals surface area contributed by atoms with Crippen LogP contribution in [0.15, 0.2) is 85.2 Å². The van der Waals surface area contributed by atoms with E-state index in [9.17, 15) is 4.79 Å². The van der Waals surface area contributed by atoms with Crippen molar-refractivity contribution in [1.29, 1.82) is 0 Å². The number of anilines is 4. The number of amides is 1. The van der Waals surface area contributed by atoms with Crippen molar-refractivity contribution in [3.63, 3.8) is 0 Å². The lowest BCUT2D eigenvalue weighted by atomic mass is 10.2. The molecule has 4 rings (SSSR count). The quantitative estimate of drug-likeness (QED) is 0.160. The van der Waals surface area contributed by atoms with Gasteiger partial charge < -0.3 is 30.7 Å². The first kappa shape index (κ1) is 27.4. The Labute approximate surface area is 227 Å². The van der Waals surface area contributed by atoms with Crippen LogP contribution >= 0.6 is 0 Å². The number of hydrogen-bond acceptors (Lipinski definition) is 10. The van der Waals surface area contributed by atoms with Crippen LogP contribution in [0.25, 0.3) is 0 Å². The molecule has 11 nitrogen and oxygen atoms in total. The van der Waals surface area contributed by atoms with Gasteiger partial charge in [-0.1, -0.05) is 36.4 Å². The molecule has 1 amide bonds. The lowest BCUT2D eigenvalue weighted by Crippen LogP contribution is -2.27. The first-order valence-electron chi connectivity index (χ1n) is 12.7. The fourth-order valence-electron chi connectivity index (χ4n) is 3.41. The van der Waals surface area contributed by atoms with Crippen molar-refractivity contribution in [2.24, 2.45) is 0 Å². The second-order valence-corrected chi connectivity index (χ2v) is 8.28. The van der Waals surface area contributed by atoms with E-state index in [1.54, 1.807) is 24.5 Å². The Kier molecular flexibility index (Phi) is 11.0. The van der Waals surface area contributed by atoms with Crippen molar-refractivity contribution in [3.8, 4) is 0 Å². The maximum absolute atomic E-state index is 12.0. The van der Waals surface area contributed by atoms with E-state index in [0.717, 1.165) is 11.3 Å². The zero-order valence-electron chi connectivity index (χ0n) is 21.5. The molecular weight excluding hydrogens is 496 g/mol. The molecule has 0 unspecified atom stereocenters. The van der Waals surface area contributed by atoms with Gasteiger partial charge in [0.25, 0.3) is 5.91 Å². The van der Waals surface area contributed by atoms with Gasteiger partial charge in [0.15, 0.2) is 0 Å². The highest BCUT2D eigenvalue weighted by Crippen LogP contribution is 2.16. The molecule has 2 aromatic carbocycles. The maximum Gasteiger partial charge on any atom is 0.251 e. The van der Waals surface area contributed by atoms with Gasteiger partial charge >= 0.3 is 0 Å². The molecule has 0 aliphatic heterocycles. The van der Waals surface area contributed by atoms with Crippen LogP contribution in [0.1, 0.15) is 15.9 Å². The van der Waals surface area contributed by atoms with Gasteiger partial charge in [-0.05, 0) is 42.0 Å². The van der Waals surface area contributed by atoms with E-state index in [0.29, 0.717) is 69.5 Å². The third-order valence-electron chi connectivity index (χ3n) is 5.33. The lowest BCUT2D eigenvalue weighted by molar-refractivity contribution is 0.0519. The molecule has 0 saturated carbocycles. The third kappa shape index (κ3) is 9.99. The van der Waals surface area contributed by atoms with Crippen LogP contribution in [0.5, 0.6) is 0 Å². The predicted molar refractivity (Wildman–Crippen MR) is 150 cm³/mol. The third-order valence-corrected chi connectivity index (χ3v) is 5.33. The van der Waals surface area contributed by atoms with E-state index >= 15 is 0 Å². The summed E-state index contributed by atoms with van der Waals surface area (Å²) in [6.07, 6.45) is 3.49. The molecule has 0 aliphatic carbocycles. The van der Waals surface area contributed by atoms with Crippen molar-refractivity contribution in [2.45, 2.75) is 6.54 Å². The molecule has 39 heavy (non-hydrogen) atoms. The van der Waals surface area contributed by atoms with Gasteiger partial charge in [0.2, 0.25) is 17.8 Å². The average molecular weight is 529 g/mol. The normalized spacial score (nSPS) is 10.6. The number of benzene rings is 2. The number of carbonyl (C=O) groups excluding carboxylic acids is 1. The first-order chi connectivity index (χ1) is 19.3. The highest BCUT2D eigenvalue weighted by atomic mass is 16.5. The number of hydrogen-bond donors (Lipinski definition) is 4. The SMILES string of the molecule is O=C(NCCOCCOCCNc1nc(NCc2ccncc2)nc(Nc2ccccc2)n1)c1ccccc1. The zero-order chi connectivity index (χ0) is 27.0. The van der Waals surface area contributed by atoms with Crippen molar-refractivity contribution >= 4 is 29.4 Å². The van der Waals surface area contributed by atoms with Gasteiger partial charge in [-0.15, -0.1) is 0 Å². The second kappa shape index (κ2) is 15.6. The number of aromatic nitrogens is 4. The minimum Gasteiger partial charge on any atom is -0.377 e. The van der Waals surface area contributed by atoms with Gasteiger partial charge in [0.05, 0.1) is 26.4 Å². The summed E-state index contributed by atoms with van der Waals surface area (Å²) in [5.41, 5.74) is 2.57. The maximum atomic E-state index is 12.0. The monoisotopic (exact) mass is 528 g/mol. The standard InChI is InChI=1S/C28H32N8O3/c37-25(23-7-3-1-4-8-23)30-15-17-38-19-20-39-18-16-31-26-34-27(32-21-22-11-13-29-14-12-22)36-28(35-26)33-24-9-5-2-6-10-24/h1-14H,15-21H2,(H,30,37)(H3,31,32,33,34,35,36). The first-order valence-corrected chi connectivity index (χ1v) is 12.7. The van der Waals surface area contributed by atoms with Gasteiger partial charge in [-0.25, -0.2) is 0 Å². The minimum absolute atomic E-state index is 0.113. The van der Waals surface area contributed by atoms with Crippen LogP contribution in [-0.2, 0) is 16.0 Å². The van der Waals surface area contributed by atoms with Crippen molar-refractivity contribution < 1.29 is 14.3 Å². The fourth-order valence-corrected chi connectivity index (χ4v) is 3.41. The molecule has 0 radical (unpaired) electrons. The molecule has 0 aliphatic rings. The molecule has 0 saturated heterocycles. The molecule has 4 aromatic rings. The highest BCUT2D eigenvalue weighted by Gasteiger charge is 2.08. The summed E-state index contributed by atoms with van der Waals surface area (Å²) in [7, 11) is 0. The summed E-state index contributed by atoms with van der Waals surface area (Å²) in [5, 5.41) is 12.4. The summed E-state index contributed by atoms with van der Waals surface area (Å²) in [6, 6.07) is 22.6. The molecule has 2 heterocycles. The number of nitrogens with zero attached hydrogens (tertiary/aromatic N) is 4. The molecule has 0 spiro atoms. The number of para-hydroxylation sites is 1. The van der Waals surface area contributed by atoms with Crippen LogP contribution in [0, 0.1) is 0 Å². The number of rotatable bonds is 16. The van der Waals surface area contributed by atoms with Crippen LogP contribution in [0.4, 0.5) is 23.5 Å². The molecule has 2 aromatic heterocycles. The highest BCUT2D eigenvalue weighted by molar-refractivity contribution is 5.94. The Hall–Kier alpha value is -4.61. The lowest BCUT2D eigenvalue weighted by Gasteiger charge is -2.12. The summed E-state index contributed by atoms with van der Waals surface area (Å²) < 4.78 is 11.2. The van der Waals surface area contributed by atoms with Crippen molar-refractivity contribution in [3.05, 3.63) is 96.3 Å². The smallest absolute Gasteiger partial charge is 0.251 e. The minimum atomic E-state index is -0.113. The molecule has 202 valence electrons. The second-order valence-electron chi connectivity index (χ2n) is 8.28. The number of nitrogens with one attached hydrogen (secondary N) is 4. The Morgan fingerprint density at radius 1 is 0.667 bits per heavy atom. The van der Waals surface area contributed by atoms with Crippen LogP contribution in [0.3, 0.4) is 0 Å². The largest absolute Gasteiger partial charge is 0.377 e. The molecule has 4 N–H and O–H groups in total. The average Bonchev–Trinajstić information content (AvgIpc) is 2.98. The topological polar surface area (TPSA) is 135 Å². The number of pyridine rings is 1. The van der Waals surface area contributed by atoms with E-state index in [1.165, 1.54) is 0 Å². The van der Waals surface area contributed by atoms with Crippen LogP contribution in [0.2, 0.25) is 0 Å². The Balaban J connectivity index is 1.16. The summed E-state index contributed by atoms with van der Waals surface area (Å²) >= 11 is 0. The van der Waals surface area contributed by atoms with Crippen molar-refractivity contribution in [2.75, 3.05) is 55.5 Å². The van der Waals surface area contributed by atoms with Gasteiger partial charge in [0, 0.05) is 43.3 Å². The molecule has 11 heteroatoms. The Morgan fingerprint density at radius 2 is 1.28 bits per heavy atom. The van der Waals surface area contributed by atoms with E-state index < -0.39 is 0 Å². The van der Waals surface area contributed by atoms with Crippen molar-refractivity contribution in [1.82, 2.24) is 25.3 Å². The number of ether oxygens (including phenoxy) is 2. The van der Waals surface area contributed by atoms with Crippen LogP contribution in [-0.4, -0.2) is 65.4 Å². The van der Waals surface area contributed by atoms with E-state index in [4.69, 9.17) is 9.47 Å². The summed E-state index contributed by atoms with van der Waals surface area (Å²) in [6.45, 7) is 3.22. The van der Waals surface area contributed by atoms with Crippen LogP contribution < -0.4 is 21.3 Å². The molecular formula is C28H32N8O3. The number of carbonyl (C=O) groups is 1. The van der Waals surface area contributed by atoms with Gasteiger partial charge in [-0.3, -0.25) is 9.78 Å². The fraction of sp³-hybridized carbons (Fsp3) is 0.250. The predicted octanol–water partition coefficient (Wildman–Crippen LogP) is 3.50.